The van der Waals surface area contributed by atoms with Gasteiger partial charge in [0.05, 0.1) is 19.3 Å². The SMILES string of the molecule is CN(C)C[C@H]1C[C@@H](O)CN1c1cc(NCCc2ccc3c(c2)COCC3)ncn1. The molecule has 3 heterocycles. The molecule has 0 radical (unpaired) electrons. The molecule has 2 aromatic rings. The van der Waals surface area contributed by atoms with Crippen LogP contribution in [0.5, 0.6) is 0 Å². The van der Waals surface area contributed by atoms with Crippen LogP contribution in [0.4, 0.5) is 11.6 Å². The molecule has 4 rings (SSSR count). The Morgan fingerprint density at radius 3 is 3.00 bits per heavy atom. The molecule has 0 amide bonds. The Hall–Kier alpha value is -2.22. The number of nitrogens with one attached hydrogen (secondary N) is 1. The second-order valence-corrected chi connectivity index (χ2v) is 8.30. The van der Waals surface area contributed by atoms with Crippen LogP contribution in [-0.2, 0) is 24.2 Å². The van der Waals surface area contributed by atoms with Gasteiger partial charge in [0, 0.05) is 31.7 Å². The van der Waals surface area contributed by atoms with Crippen LogP contribution in [0, 0.1) is 0 Å². The molecule has 1 fully saturated rings. The van der Waals surface area contributed by atoms with Gasteiger partial charge in [-0.3, -0.25) is 0 Å². The zero-order chi connectivity index (χ0) is 20.2. The maximum absolute atomic E-state index is 10.1. The van der Waals surface area contributed by atoms with Crippen molar-refractivity contribution in [1.29, 1.82) is 0 Å². The minimum Gasteiger partial charge on any atom is -0.391 e. The summed E-state index contributed by atoms with van der Waals surface area (Å²) in [6.45, 7) is 3.87. The quantitative estimate of drug-likeness (QED) is 0.737. The number of aliphatic hydroxyl groups excluding tert-OH is 1. The first-order chi connectivity index (χ1) is 14.1. The number of fused-ring (bicyclic) bond motifs is 1. The van der Waals surface area contributed by atoms with Crippen molar-refractivity contribution in [2.24, 2.45) is 0 Å². The Morgan fingerprint density at radius 2 is 2.14 bits per heavy atom. The monoisotopic (exact) mass is 397 g/mol. The Bertz CT molecular complexity index is 829. The van der Waals surface area contributed by atoms with Crippen LogP contribution in [0.3, 0.4) is 0 Å². The molecule has 2 aliphatic heterocycles. The van der Waals surface area contributed by atoms with E-state index >= 15 is 0 Å². The molecule has 156 valence electrons. The molecule has 2 aliphatic rings. The van der Waals surface area contributed by atoms with E-state index in [1.807, 2.05) is 6.07 Å². The van der Waals surface area contributed by atoms with Gasteiger partial charge in [0.15, 0.2) is 0 Å². The molecule has 0 saturated carbocycles. The molecule has 2 N–H and O–H groups in total. The minimum atomic E-state index is -0.306. The first-order valence-electron chi connectivity index (χ1n) is 10.4. The lowest BCUT2D eigenvalue weighted by Crippen LogP contribution is -2.38. The summed E-state index contributed by atoms with van der Waals surface area (Å²) in [5, 5.41) is 13.6. The van der Waals surface area contributed by atoms with Crippen LogP contribution >= 0.6 is 0 Å². The van der Waals surface area contributed by atoms with Gasteiger partial charge in [0.1, 0.15) is 18.0 Å². The van der Waals surface area contributed by atoms with Gasteiger partial charge in [0.2, 0.25) is 0 Å². The zero-order valence-corrected chi connectivity index (χ0v) is 17.3. The third kappa shape index (κ3) is 5.04. The fourth-order valence-electron chi connectivity index (χ4n) is 4.28. The normalized spacial score (nSPS) is 21.4. The van der Waals surface area contributed by atoms with Crippen molar-refractivity contribution in [3.63, 3.8) is 0 Å². The van der Waals surface area contributed by atoms with Crippen LogP contribution in [0.2, 0.25) is 0 Å². The zero-order valence-electron chi connectivity index (χ0n) is 17.3. The van der Waals surface area contributed by atoms with Gasteiger partial charge >= 0.3 is 0 Å². The predicted molar refractivity (Wildman–Crippen MR) is 114 cm³/mol. The standard InChI is InChI=1S/C22H31N5O2/c1-26(2)12-19-10-20(28)13-27(19)22-11-21(24-15-25-22)23-7-5-16-3-4-17-6-8-29-14-18(17)9-16/h3-4,9,11,15,19-20,28H,5-8,10,12-14H2,1-2H3,(H,23,24,25)/t19-,20-/m1/s1. The Labute approximate surface area is 172 Å². The van der Waals surface area contributed by atoms with Crippen molar-refractivity contribution in [2.45, 2.75) is 38.0 Å². The molecule has 0 spiro atoms. The van der Waals surface area contributed by atoms with E-state index in [4.69, 9.17) is 4.74 Å². The summed E-state index contributed by atoms with van der Waals surface area (Å²) in [6.07, 6.45) is 4.01. The van der Waals surface area contributed by atoms with Crippen molar-refractivity contribution in [3.05, 3.63) is 47.3 Å². The van der Waals surface area contributed by atoms with E-state index < -0.39 is 0 Å². The number of β-amino-alcohol motifs (C(OH)–C–C–N with tert-alkyl or cyclic N) is 1. The number of anilines is 2. The Balaban J connectivity index is 1.36. The van der Waals surface area contributed by atoms with Crippen LogP contribution in [0.1, 0.15) is 23.1 Å². The fourth-order valence-corrected chi connectivity index (χ4v) is 4.28. The van der Waals surface area contributed by atoms with Gasteiger partial charge < -0.3 is 25.0 Å². The molecule has 1 aromatic heterocycles. The van der Waals surface area contributed by atoms with Crippen LogP contribution in [0.25, 0.3) is 0 Å². The van der Waals surface area contributed by atoms with Crippen molar-refractivity contribution in [2.75, 3.05) is 50.6 Å². The van der Waals surface area contributed by atoms with Crippen LogP contribution < -0.4 is 10.2 Å². The topological polar surface area (TPSA) is 73.8 Å². The second-order valence-electron chi connectivity index (χ2n) is 8.30. The van der Waals surface area contributed by atoms with E-state index in [1.165, 1.54) is 16.7 Å². The van der Waals surface area contributed by atoms with E-state index in [0.717, 1.165) is 57.2 Å². The minimum absolute atomic E-state index is 0.264. The van der Waals surface area contributed by atoms with Crippen molar-refractivity contribution in [1.82, 2.24) is 14.9 Å². The van der Waals surface area contributed by atoms with Crippen molar-refractivity contribution < 1.29 is 9.84 Å². The number of hydrogen-bond acceptors (Lipinski definition) is 7. The first kappa shape index (κ1) is 20.1. The number of hydrogen-bond donors (Lipinski definition) is 2. The number of rotatable bonds is 7. The molecule has 29 heavy (non-hydrogen) atoms. The maximum Gasteiger partial charge on any atom is 0.134 e. The van der Waals surface area contributed by atoms with Crippen molar-refractivity contribution >= 4 is 11.6 Å². The maximum atomic E-state index is 10.1. The number of aliphatic hydroxyl groups is 1. The first-order valence-corrected chi connectivity index (χ1v) is 10.4. The number of likely N-dealkylation sites (N-methyl/N-ethyl adjacent to an activating group) is 1. The summed E-state index contributed by atoms with van der Waals surface area (Å²) in [5.74, 6) is 1.69. The summed E-state index contributed by atoms with van der Waals surface area (Å²) in [4.78, 5) is 13.2. The molecule has 0 unspecified atom stereocenters. The number of ether oxygens (including phenoxy) is 1. The molecule has 0 bridgehead atoms. The third-order valence-electron chi connectivity index (χ3n) is 5.68. The molecule has 7 nitrogen and oxygen atoms in total. The highest BCUT2D eigenvalue weighted by Gasteiger charge is 2.32. The summed E-state index contributed by atoms with van der Waals surface area (Å²) < 4.78 is 5.57. The van der Waals surface area contributed by atoms with E-state index in [0.29, 0.717) is 6.54 Å². The van der Waals surface area contributed by atoms with Crippen LogP contribution in [0.15, 0.2) is 30.6 Å². The van der Waals surface area contributed by atoms with E-state index in [2.05, 4.69) is 57.4 Å². The smallest absolute Gasteiger partial charge is 0.134 e. The highest BCUT2D eigenvalue weighted by molar-refractivity contribution is 5.50. The van der Waals surface area contributed by atoms with Gasteiger partial charge in [-0.2, -0.15) is 0 Å². The van der Waals surface area contributed by atoms with Gasteiger partial charge in [-0.05, 0) is 50.0 Å². The average molecular weight is 398 g/mol. The molecular weight excluding hydrogens is 366 g/mol. The molecule has 0 aliphatic carbocycles. The van der Waals surface area contributed by atoms with Gasteiger partial charge in [-0.15, -0.1) is 0 Å². The summed E-state index contributed by atoms with van der Waals surface area (Å²) in [5.41, 5.74) is 4.04. The average Bonchev–Trinajstić information content (AvgIpc) is 3.07. The molecule has 1 aromatic carbocycles. The third-order valence-corrected chi connectivity index (χ3v) is 5.68. The Kier molecular flexibility index (Phi) is 6.28. The number of nitrogens with zero attached hydrogens (tertiary/aromatic N) is 4. The molecular formula is C22H31N5O2. The summed E-state index contributed by atoms with van der Waals surface area (Å²) in [7, 11) is 4.12. The highest BCUT2D eigenvalue weighted by atomic mass is 16.5. The van der Waals surface area contributed by atoms with Gasteiger partial charge in [-0.25, -0.2) is 9.97 Å². The lowest BCUT2D eigenvalue weighted by Gasteiger charge is -2.27. The largest absolute Gasteiger partial charge is 0.391 e. The fraction of sp³-hybridized carbons (Fsp3) is 0.545. The number of aromatic nitrogens is 2. The van der Waals surface area contributed by atoms with E-state index in [9.17, 15) is 5.11 Å². The van der Waals surface area contributed by atoms with Gasteiger partial charge in [-0.1, -0.05) is 18.2 Å². The highest BCUT2D eigenvalue weighted by Crippen LogP contribution is 2.26. The number of benzene rings is 1. The predicted octanol–water partition coefficient (Wildman–Crippen LogP) is 1.71. The van der Waals surface area contributed by atoms with Crippen LogP contribution in [-0.4, -0.2) is 72.5 Å². The van der Waals surface area contributed by atoms with Gasteiger partial charge in [0.25, 0.3) is 0 Å². The van der Waals surface area contributed by atoms with E-state index in [-0.39, 0.29) is 12.1 Å². The summed E-state index contributed by atoms with van der Waals surface area (Å²) in [6, 6.07) is 8.97. The molecule has 2 atom stereocenters. The lowest BCUT2D eigenvalue weighted by atomic mass is 9.99. The lowest BCUT2D eigenvalue weighted by molar-refractivity contribution is 0.110. The molecule has 1 saturated heterocycles. The summed E-state index contributed by atoms with van der Waals surface area (Å²) >= 11 is 0. The van der Waals surface area contributed by atoms with Crippen molar-refractivity contribution in [3.8, 4) is 0 Å². The Morgan fingerprint density at radius 1 is 1.24 bits per heavy atom. The van der Waals surface area contributed by atoms with E-state index in [1.54, 1.807) is 6.33 Å². The second kappa shape index (κ2) is 9.07. The molecule has 7 heteroatoms.